The number of imidazole rings is 1. The number of aryl methyl sites for hydroxylation is 1. The molecule has 1 fully saturated rings. The van der Waals surface area contributed by atoms with Gasteiger partial charge in [-0.05, 0) is 41.9 Å². The summed E-state index contributed by atoms with van der Waals surface area (Å²) in [5.74, 6) is -0.809. The van der Waals surface area contributed by atoms with Crippen molar-refractivity contribution in [3.05, 3.63) is 16.6 Å². The van der Waals surface area contributed by atoms with Gasteiger partial charge in [0.25, 0.3) is 0 Å². The third-order valence-electron chi connectivity index (χ3n) is 3.18. The van der Waals surface area contributed by atoms with Crippen molar-refractivity contribution in [3.63, 3.8) is 0 Å². The van der Waals surface area contributed by atoms with Crippen LogP contribution in [0.3, 0.4) is 0 Å². The van der Waals surface area contributed by atoms with E-state index in [0.717, 1.165) is 31.6 Å². The minimum absolute atomic E-state index is 0.600. The number of rotatable bonds is 3. The topological polar surface area (TPSA) is 58.4 Å². The molecule has 17 heavy (non-hydrogen) atoms. The molecule has 1 unspecified atom stereocenters. The van der Waals surface area contributed by atoms with Gasteiger partial charge >= 0.3 is 5.97 Å². The number of halogens is 1. The number of carboxylic acids is 1. The molecule has 1 aliphatic heterocycles. The highest BCUT2D eigenvalue weighted by Gasteiger charge is 2.32. The number of hydrogen-bond acceptors (Lipinski definition) is 3. The van der Waals surface area contributed by atoms with Gasteiger partial charge in [-0.25, -0.2) is 4.98 Å². The molecule has 1 saturated heterocycles. The maximum Gasteiger partial charge on any atom is 0.327 e. The summed E-state index contributed by atoms with van der Waals surface area (Å²) in [6.07, 6.45) is 4.97. The van der Waals surface area contributed by atoms with E-state index in [0.29, 0.717) is 4.60 Å². The van der Waals surface area contributed by atoms with Gasteiger partial charge in [-0.2, -0.15) is 0 Å². The van der Waals surface area contributed by atoms with Gasteiger partial charge in [0.1, 0.15) is 4.60 Å². The molecule has 0 saturated carbocycles. The smallest absolute Gasteiger partial charge is 0.327 e. The zero-order chi connectivity index (χ0) is 12.4. The van der Waals surface area contributed by atoms with Crippen LogP contribution >= 0.6 is 15.9 Å². The standard InChI is InChI=1S/C11H16BrN3O2/c1-14-7-13-10(12)8(14)9(11(16)17)15-5-3-2-4-6-15/h7,9H,2-6H2,1H3,(H,16,17). The lowest BCUT2D eigenvalue weighted by Crippen LogP contribution is -2.38. The third kappa shape index (κ3) is 2.52. The van der Waals surface area contributed by atoms with Crippen molar-refractivity contribution in [1.82, 2.24) is 14.5 Å². The average Bonchev–Trinajstić information content (AvgIpc) is 2.62. The average molecular weight is 302 g/mol. The first kappa shape index (κ1) is 12.6. The lowest BCUT2D eigenvalue weighted by Gasteiger charge is -2.32. The zero-order valence-electron chi connectivity index (χ0n) is 9.77. The number of aliphatic carboxylic acids is 1. The molecular formula is C11H16BrN3O2. The Morgan fingerprint density at radius 3 is 2.59 bits per heavy atom. The number of piperidine rings is 1. The number of aromatic nitrogens is 2. The summed E-state index contributed by atoms with van der Waals surface area (Å²) >= 11 is 3.33. The second-order valence-corrected chi connectivity index (χ2v) is 5.12. The van der Waals surface area contributed by atoms with Crippen LogP contribution in [0.25, 0.3) is 0 Å². The number of hydrogen-bond donors (Lipinski definition) is 1. The Hall–Kier alpha value is -0.880. The molecule has 1 aromatic rings. The van der Waals surface area contributed by atoms with E-state index < -0.39 is 12.0 Å². The third-order valence-corrected chi connectivity index (χ3v) is 3.80. The molecule has 0 aliphatic carbocycles. The largest absolute Gasteiger partial charge is 0.480 e. The van der Waals surface area contributed by atoms with Crippen molar-refractivity contribution < 1.29 is 9.90 Å². The van der Waals surface area contributed by atoms with Gasteiger partial charge in [-0.3, -0.25) is 9.69 Å². The van der Waals surface area contributed by atoms with Crippen molar-refractivity contribution in [3.8, 4) is 0 Å². The van der Waals surface area contributed by atoms with E-state index in [1.807, 2.05) is 11.9 Å². The van der Waals surface area contributed by atoms with Gasteiger partial charge < -0.3 is 9.67 Å². The van der Waals surface area contributed by atoms with E-state index in [1.165, 1.54) is 6.42 Å². The fraction of sp³-hybridized carbons (Fsp3) is 0.636. The maximum absolute atomic E-state index is 11.5. The lowest BCUT2D eigenvalue weighted by atomic mass is 10.1. The molecule has 94 valence electrons. The Morgan fingerprint density at radius 1 is 1.47 bits per heavy atom. The Labute approximate surface area is 109 Å². The summed E-state index contributed by atoms with van der Waals surface area (Å²) in [6, 6.07) is -0.600. The number of likely N-dealkylation sites (tertiary alicyclic amines) is 1. The molecule has 0 bridgehead atoms. The lowest BCUT2D eigenvalue weighted by molar-refractivity contribution is -0.144. The molecule has 1 N–H and O–H groups in total. The van der Waals surface area contributed by atoms with Crippen LogP contribution in [-0.2, 0) is 11.8 Å². The molecule has 2 rings (SSSR count). The van der Waals surface area contributed by atoms with Crippen LogP contribution in [0.15, 0.2) is 10.9 Å². The number of carboxylic acid groups (broad SMARTS) is 1. The van der Waals surface area contributed by atoms with Crippen molar-refractivity contribution in [2.45, 2.75) is 25.3 Å². The highest BCUT2D eigenvalue weighted by molar-refractivity contribution is 9.10. The summed E-state index contributed by atoms with van der Waals surface area (Å²) < 4.78 is 2.40. The minimum atomic E-state index is -0.809. The molecule has 1 atom stereocenters. The summed E-state index contributed by atoms with van der Waals surface area (Å²) in [5.41, 5.74) is 0.722. The molecule has 0 spiro atoms. The molecule has 6 heteroatoms. The van der Waals surface area contributed by atoms with E-state index >= 15 is 0 Å². The van der Waals surface area contributed by atoms with E-state index in [2.05, 4.69) is 20.9 Å². The second kappa shape index (κ2) is 5.18. The van der Waals surface area contributed by atoms with Gasteiger partial charge in [-0.1, -0.05) is 6.42 Å². The van der Waals surface area contributed by atoms with Gasteiger partial charge in [0.05, 0.1) is 12.0 Å². The summed E-state index contributed by atoms with van der Waals surface area (Å²) in [4.78, 5) is 17.6. The normalized spacial score (nSPS) is 19.2. The van der Waals surface area contributed by atoms with E-state index in [4.69, 9.17) is 0 Å². The Balaban J connectivity index is 2.31. The van der Waals surface area contributed by atoms with Crippen LogP contribution in [-0.4, -0.2) is 38.6 Å². The molecule has 0 radical (unpaired) electrons. The van der Waals surface area contributed by atoms with Crippen LogP contribution < -0.4 is 0 Å². The summed E-state index contributed by atoms with van der Waals surface area (Å²) in [5, 5.41) is 9.44. The van der Waals surface area contributed by atoms with Gasteiger partial charge in [0, 0.05) is 7.05 Å². The summed E-state index contributed by atoms with van der Waals surface area (Å²) in [6.45, 7) is 1.68. The van der Waals surface area contributed by atoms with Crippen LogP contribution in [0.2, 0.25) is 0 Å². The molecule has 5 nitrogen and oxygen atoms in total. The number of nitrogens with zero attached hydrogens (tertiary/aromatic N) is 3. The summed E-state index contributed by atoms with van der Waals surface area (Å²) in [7, 11) is 1.83. The first-order chi connectivity index (χ1) is 8.11. The Bertz CT molecular complexity index is 393. The Kier molecular flexibility index (Phi) is 3.83. The zero-order valence-corrected chi connectivity index (χ0v) is 11.4. The van der Waals surface area contributed by atoms with Crippen molar-refractivity contribution in [2.24, 2.45) is 7.05 Å². The quantitative estimate of drug-likeness (QED) is 0.925. The highest BCUT2D eigenvalue weighted by Crippen LogP contribution is 2.29. The van der Waals surface area contributed by atoms with Crippen molar-refractivity contribution in [1.29, 1.82) is 0 Å². The van der Waals surface area contributed by atoms with Gasteiger partial charge in [0.2, 0.25) is 0 Å². The SMILES string of the molecule is Cn1cnc(Br)c1C(C(=O)O)N1CCCCC1. The first-order valence-electron chi connectivity index (χ1n) is 5.75. The van der Waals surface area contributed by atoms with Gasteiger partial charge in [0.15, 0.2) is 6.04 Å². The highest BCUT2D eigenvalue weighted by atomic mass is 79.9. The number of carbonyl (C=O) groups is 1. The molecule has 1 aliphatic rings. The molecule has 0 aromatic carbocycles. The van der Waals surface area contributed by atoms with Crippen molar-refractivity contribution in [2.75, 3.05) is 13.1 Å². The predicted molar refractivity (Wildman–Crippen MR) is 66.7 cm³/mol. The fourth-order valence-electron chi connectivity index (χ4n) is 2.34. The van der Waals surface area contributed by atoms with Crippen LogP contribution in [0.4, 0.5) is 0 Å². The van der Waals surface area contributed by atoms with Crippen LogP contribution in [0.1, 0.15) is 31.0 Å². The Morgan fingerprint density at radius 2 is 2.12 bits per heavy atom. The van der Waals surface area contributed by atoms with Crippen LogP contribution in [0, 0.1) is 0 Å². The molecule has 0 amide bonds. The predicted octanol–water partition coefficient (Wildman–Crippen LogP) is 1.79. The monoisotopic (exact) mass is 301 g/mol. The second-order valence-electron chi connectivity index (χ2n) is 4.37. The molecule has 2 heterocycles. The van der Waals surface area contributed by atoms with E-state index in [1.54, 1.807) is 10.9 Å². The maximum atomic E-state index is 11.5. The van der Waals surface area contributed by atoms with E-state index in [-0.39, 0.29) is 0 Å². The first-order valence-corrected chi connectivity index (χ1v) is 6.54. The van der Waals surface area contributed by atoms with Gasteiger partial charge in [-0.15, -0.1) is 0 Å². The van der Waals surface area contributed by atoms with Crippen molar-refractivity contribution >= 4 is 21.9 Å². The molecular weight excluding hydrogens is 286 g/mol. The van der Waals surface area contributed by atoms with E-state index in [9.17, 15) is 9.90 Å². The molecule has 1 aromatic heterocycles. The fourth-order valence-corrected chi connectivity index (χ4v) is 2.93. The minimum Gasteiger partial charge on any atom is -0.480 e. The van der Waals surface area contributed by atoms with Crippen LogP contribution in [0.5, 0.6) is 0 Å².